The molecule has 0 rings (SSSR count). The quantitative estimate of drug-likeness (QED) is 0.407. The van der Waals surface area contributed by atoms with Gasteiger partial charge in [0.25, 0.3) is 0 Å². The van der Waals surface area contributed by atoms with E-state index in [1.807, 2.05) is 12.6 Å². The zero-order chi connectivity index (χ0) is 9.33. The second-order valence-corrected chi connectivity index (χ2v) is 10.3. The maximum absolute atomic E-state index is 8.14. The van der Waals surface area contributed by atoms with E-state index in [4.69, 9.17) is 27.4 Å². The molecular formula is C6H12Cl2NNaSi. The molecule has 0 amide bonds. The second-order valence-electron chi connectivity index (χ2n) is 2.08. The summed E-state index contributed by atoms with van der Waals surface area (Å²) in [6, 6.07) is 2.87. The van der Waals surface area contributed by atoms with Gasteiger partial charge in [-0.2, -0.15) is 5.26 Å². The number of unbranched alkanes of at least 4 members (excludes halogenated alkanes) is 1. The average Bonchev–Trinajstić information content (AvgIpc) is 1.90. The fourth-order valence-corrected chi connectivity index (χ4v) is 2.08. The van der Waals surface area contributed by atoms with Crippen LogP contribution in [0.5, 0.6) is 0 Å². The monoisotopic (exact) mass is 219 g/mol. The molecule has 0 aliphatic carbocycles. The van der Waals surface area contributed by atoms with Crippen molar-refractivity contribution in [1.82, 2.24) is 0 Å². The van der Waals surface area contributed by atoms with Crippen molar-refractivity contribution in [2.75, 3.05) is 0 Å². The van der Waals surface area contributed by atoms with Gasteiger partial charge in [0.15, 0.2) is 0 Å². The van der Waals surface area contributed by atoms with Gasteiger partial charge in [-0.05, 0) is 19.0 Å². The molecule has 0 aliphatic heterocycles. The predicted octanol–water partition coefficient (Wildman–Crippen LogP) is 3.04. The van der Waals surface area contributed by atoms with Gasteiger partial charge in [0.2, 0.25) is 6.69 Å². The van der Waals surface area contributed by atoms with Crippen LogP contribution < -0.4 is 0 Å². The minimum atomic E-state index is -1.90. The summed E-state index contributed by atoms with van der Waals surface area (Å²) in [6.07, 6.45) is 1.41. The van der Waals surface area contributed by atoms with Gasteiger partial charge in [-0.25, -0.2) is 0 Å². The van der Waals surface area contributed by atoms with E-state index >= 15 is 0 Å². The van der Waals surface area contributed by atoms with Crippen LogP contribution in [-0.2, 0) is 0 Å². The fraction of sp³-hybridized carbons (Fsp3) is 0.833. The van der Waals surface area contributed by atoms with Crippen LogP contribution >= 0.6 is 22.2 Å². The summed E-state index contributed by atoms with van der Waals surface area (Å²) in [5.41, 5.74) is 0. The molecule has 1 nitrogen and oxygen atoms in total. The Morgan fingerprint density at radius 3 is 2.18 bits per heavy atom. The normalized spacial score (nSPS) is 9.55. The number of rotatable bonds is 3. The third-order valence-electron chi connectivity index (χ3n) is 0.904. The van der Waals surface area contributed by atoms with E-state index in [0.29, 0.717) is 6.42 Å². The van der Waals surface area contributed by atoms with Gasteiger partial charge in [0.1, 0.15) is 0 Å². The molecule has 0 fully saturated rings. The fourth-order valence-electron chi connectivity index (χ4n) is 0.478. The van der Waals surface area contributed by atoms with Crippen LogP contribution in [0.2, 0.25) is 16.8 Å². The zero-order valence-electron chi connectivity index (χ0n) is 7.32. The SMILES string of the molecule is C[Si](Cl)(Cl)CCCC#N.[CH3][Na]. The molecular weight excluding hydrogens is 208 g/mol. The molecule has 0 heterocycles. The number of hydrogen-bond acceptors (Lipinski definition) is 1. The van der Waals surface area contributed by atoms with Crippen LogP contribution in [0.15, 0.2) is 0 Å². The van der Waals surface area contributed by atoms with E-state index in [1.165, 1.54) is 27.9 Å². The third kappa shape index (κ3) is 18.3. The van der Waals surface area contributed by atoms with Crippen LogP contribution in [0, 0.1) is 11.3 Å². The summed E-state index contributed by atoms with van der Waals surface area (Å²) < 4.78 is 2.14. The summed E-state index contributed by atoms with van der Waals surface area (Å²) in [5.74, 6) is 0. The summed E-state index contributed by atoms with van der Waals surface area (Å²) in [7, 11) is 0. The van der Waals surface area contributed by atoms with Gasteiger partial charge in [-0.3, -0.25) is 0 Å². The van der Waals surface area contributed by atoms with Crippen LogP contribution in [0.25, 0.3) is 0 Å². The first kappa shape index (κ1) is 14.8. The van der Waals surface area contributed by atoms with Crippen molar-refractivity contribution in [2.24, 2.45) is 0 Å². The van der Waals surface area contributed by atoms with Gasteiger partial charge in [-0.15, -0.1) is 22.2 Å². The Bertz CT molecular complexity index is 119. The second kappa shape index (κ2) is 9.38. The van der Waals surface area contributed by atoms with Crippen LogP contribution in [0.3, 0.4) is 0 Å². The van der Waals surface area contributed by atoms with Gasteiger partial charge < -0.3 is 0 Å². The van der Waals surface area contributed by atoms with E-state index in [9.17, 15) is 0 Å². The predicted molar refractivity (Wildman–Crippen MR) is 54.6 cm³/mol. The van der Waals surface area contributed by atoms with E-state index in [2.05, 4.69) is 4.17 Å². The van der Waals surface area contributed by atoms with E-state index in [0.717, 1.165) is 12.5 Å². The van der Waals surface area contributed by atoms with E-state index < -0.39 is 6.69 Å². The first-order chi connectivity index (χ1) is 5.06. The Morgan fingerprint density at radius 1 is 1.45 bits per heavy atom. The van der Waals surface area contributed by atoms with Crippen molar-refractivity contribution in [2.45, 2.75) is 29.6 Å². The van der Waals surface area contributed by atoms with Crippen LogP contribution in [0.1, 0.15) is 12.8 Å². The first-order valence-electron chi connectivity index (χ1n) is 3.81. The van der Waals surface area contributed by atoms with E-state index in [-0.39, 0.29) is 0 Å². The molecule has 5 heteroatoms. The molecule has 11 heavy (non-hydrogen) atoms. The Kier molecular flexibility index (Phi) is 12.6. The van der Waals surface area contributed by atoms with E-state index in [1.54, 1.807) is 0 Å². The molecule has 0 aliphatic rings. The van der Waals surface area contributed by atoms with Crippen molar-refractivity contribution in [3.63, 3.8) is 0 Å². The standard InChI is InChI=1S/C5H9Cl2NSi.CH3.Na/c1-9(6,7)5-3-2-4-8;;/h2-3,5H2,1H3;1H3;. The topological polar surface area (TPSA) is 23.8 Å². The Hall–Kier alpha value is 1.29. The van der Waals surface area contributed by atoms with Gasteiger partial charge in [-0.1, -0.05) is 0 Å². The number of halogens is 2. The van der Waals surface area contributed by atoms with Crippen LogP contribution in [0.4, 0.5) is 0 Å². The van der Waals surface area contributed by atoms with Crippen LogP contribution in [-0.4, -0.2) is 34.6 Å². The summed E-state index contributed by atoms with van der Waals surface area (Å²) >= 11 is 12.8. The van der Waals surface area contributed by atoms with Crippen molar-refractivity contribution in [3.8, 4) is 6.07 Å². The number of hydrogen-bond donors (Lipinski definition) is 0. The molecule has 0 saturated heterocycles. The molecule has 60 valence electrons. The molecule has 0 spiro atoms. The zero-order valence-corrected chi connectivity index (χ0v) is 11.8. The van der Waals surface area contributed by atoms with Crippen molar-refractivity contribution >= 4 is 56.8 Å². The first-order valence-corrected chi connectivity index (χ1v) is 10.5. The molecule has 0 aromatic rings. The Morgan fingerprint density at radius 2 is 1.91 bits per heavy atom. The summed E-state index contributed by atoms with van der Waals surface area (Å²) in [6.45, 7) is -0.0326. The molecule has 0 saturated carbocycles. The average molecular weight is 220 g/mol. The Balaban J connectivity index is 0. The molecule has 0 aromatic heterocycles. The summed E-state index contributed by atoms with van der Waals surface area (Å²) in [4.78, 5) is 0. The Labute approximate surface area is 96.9 Å². The third-order valence-corrected chi connectivity index (χ3v) is 3.27. The number of nitriles is 1. The number of nitrogens with zero attached hydrogens (tertiary/aromatic N) is 1. The minimum absolute atomic E-state index is 0.571. The molecule has 0 aromatic carbocycles. The van der Waals surface area contributed by atoms with Gasteiger partial charge in [0, 0.05) is 6.42 Å². The molecule has 0 unspecified atom stereocenters. The molecule has 0 atom stereocenters. The van der Waals surface area contributed by atoms with Gasteiger partial charge >= 0.3 is 32.1 Å². The van der Waals surface area contributed by atoms with Gasteiger partial charge in [0.05, 0.1) is 6.07 Å². The maximum atomic E-state index is 8.14. The van der Waals surface area contributed by atoms with Crippen molar-refractivity contribution in [1.29, 1.82) is 5.26 Å². The summed E-state index contributed by atoms with van der Waals surface area (Å²) in [5, 5.41) is 8.14. The molecule has 0 radical (unpaired) electrons. The molecule has 0 N–H and O–H groups in total. The van der Waals surface area contributed by atoms with Crippen molar-refractivity contribution < 1.29 is 0 Å². The molecule has 0 bridgehead atoms. The van der Waals surface area contributed by atoms with Crippen molar-refractivity contribution in [3.05, 3.63) is 0 Å².